The average Bonchev–Trinajstić information content (AvgIpc) is 1.80. The molecule has 1 aliphatic rings. The summed E-state index contributed by atoms with van der Waals surface area (Å²) in [5.41, 5.74) is 0. The first-order valence-corrected chi connectivity index (χ1v) is 3.92. The molecule has 0 N–H and O–H groups in total. The molecule has 0 aromatic carbocycles. The molecule has 0 spiro atoms. The van der Waals surface area contributed by atoms with Gasteiger partial charge >= 0.3 is 11.4 Å². The van der Waals surface area contributed by atoms with E-state index in [1.165, 1.54) is 0 Å². The van der Waals surface area contributed by atoms with E-state index in [4.69, 9.17) is 8.37 Å². The van der Waals surface area contributed by atoms with Gasteiger partial charge < -0.3 is 0 Å². The molecule has 3 atom stereocenters. The molecule has 0 aromatic heterocycles. The maximum atomic E-state index is 10.5. The topological polar surface area (TPSA) is 35.5 Å². The average molecular weight is 150 g/mol. The predicted octanol–water partition coefficient (Wildman–Crippen LogP) is 0.636. The van der Waals surface area contributed by atoms with Crippen LogP contribution in [-0.4, -0.2) is 16.9 Å². The Bertz CT molecular complexity index is 125. The van der Waals surface area contributed by atoms with Crippen LogP contribution in [0.15, 0.2) is 0 Å². The summed E-state index contributed by atoms with van der Waals surface area (Å²) in [5, 5.41) is 0. The van der Waals surface area contributed by atoms with Crippen molar-refractivity contribution in [2.24, 2.45) is 5.92 Å². The van der Waals surface area contributed by atoms with Crippen molar-refractivity contribution < 1.29 is 12.6 Å². The second-order valence-corrected chi connectivity index (χ2v) is 3.10. The summed E-state index contributed by atoms with van der Waals surface area (Å²) in [4.78, 5) is 0. The quantitative estimate of drug-likeness (QED) is 0.508. The van der Waals surface area contributed by atoms with Gasteiger partial charge in [-0.1, -0.05) is 6.92 Å². The van der Waals surface area contributed by atoms with Gasteiger partial charge in [-0.15, -0.1) is 0 Å². The molecule has 4 heteroatoms. The molecule has 1 aliphatic heterocycles. The van der Waals surface area contributed by atoms with E-state index in [1.807, 2.05) is 13.8 Å². The number of hydrogen-bond donors (Lipinski definition) is 0. The molecular formula is C5H10O3S. The van der Waals surface area contributed by atoms with Crippen molar-refractivity contribution in [2.45, 2.75) is 20.0 Å². The second kappa shape index (κ2) is 2.77. The van der Waals surface area contributed by atoms with Crippen LogP contribution in [0, 0.1) is 5.92 Å². The highest BCUT2D eigenvalue weighted by Gasteiger charge is 2.22. The lowest BCUT2D eigenvalue weighted by Gasteiger charge is -2.23. The molecule has 0 aliphatic carbocycles. The van der Waals surface area contributed by atoms with Crippen molar-refractivity contribution in [1.29, 1.82) is 0 Å². The van der Waals surface area contributed by atoms with E-state index in [2.05, 4.69) is 0 Å². The van der Waals surface area contributed by atoms with Gasteiger partial charge in [-0.3, -0.25) is 8.37 Å². The molecule has 3 unspecified atom stereocenters. The zero-order valence-corrected chi connectivity index (χ0v) is 6.31. The molecule has 1 saturated heterocycles. The Kier molecular flexibility index (Phi) is 2.21. The highest BCUT2D eigenvalue weighted by molar-refractivity contribution is 7.75. The minimum atomic E-state index is -1.49. The fraction of sp³-hybridized carbons (Fsp3) is 1.00. The van der Waals surface area contributed by atoms with Crippen LogP contribution >= 0.6 is 0 Å². The van der Waals surface area contributed by atoms with Crippen LogP contribution in [0.5, 0.6) is 0 Å². The highest BCUT2D eigenvalue weighted by Crippen LogP contribution is 2.15. The minimum Gasteiger partial charge on any atom is -0.268 e. The summed E-state index contributed by atoms with van der Waals surface area (Å²) in [6.45, 7) is 4.43. The van der Waals surface area contributed by atoms with E-state index in [0.717, 1.165) is 0 Å². The highest BCUT2D eigenvalue weighted by atomic mass is 32.2. The van der Waals surface area contributed by atoms with E-state index in [1.54, 1.807) is 0 Å². The van der Waals surface area contributed by atoms with E-state index < -0.39 is 11.4 Å². The van der Waals surface area contributed by atoms with Gasteiger partial charge in [0.2, 0.25) is 0 Å². The van der Waals surface area contributed by atoms with Crippen molar-refractivity contribution in [1.82, 2.24) is 0 Å². The van der Waals surface area contributed by atoms with Crippen LogP contribution in [0.3, 0.4) is 0 Å². The van der Waals surface area contributed by atoms with Crippen LogP contribution < -0.4 is 0 Å². The molecule has 54 valence electrons. The lowest BCUT2D eigenvalue weighted by Crippen LogP contribution is -2.30. The molecule has 0 bridgehead atoms. The Balaban J connectivity index is 2.44. The lowest BCUT2D eigenvalue weighted by molar-refractivity contribution is 0.0725. The van der Waals surface area contributed by atoms with Gasteiger partial charge in [-0.2, -0.15) is 4.21 Å². The smallest absolute Gasteiger partial charge is 0.268 e. The van der Waals surface area contributed by atoms with Crippen LogP contribution in [0.2, 0.25) is 0 Å². The van der Waals surface area contributed by atoms with Gasteiger partial charge in [-0.25, -0.2) is 0 Å². The molecule has 9 heavy (non-hydrogen) atoms. The molecule has 0 saturated carbocycles. The van der Waals surface area contributed by atoms with Gasteiger partial charge in [-0.05, 0) is 6.92 Å². The fourth-order valence-corrected chi connectivity index (χ4v) is 1.36. The van der Waals surface area contributed by atoms with Crippen molar-refractivity contribution in [3.8, 4) is 0 Å². The zero-order valence-electron chi connectivity index (χ0n) is 5.49. The Labute approximate surface area is 57.2 Å². The zero-order chi connectivity index (χ0) is 6.85. The minimum absolute atomic E-state index is 0.0552. The van der Waals surface area contributed by atoms with Gasteiger partial charge in [0.15, 0.2) is 0 Å². The predicted molar refractivity (Wildman–Crippen MR) is 33.8 cm³/mol. The van der Waals surface area contributed by atoms with Crippen LogP contribution in [-0.2, 0) is 19.7 Å². The molecule has 3 nitrogen and oxygen atoms in total. The maximum absolute atomic E-state index is 10.5. The van der Waals surface area contributed by atoms with Crippen molar-refractivity contribution in [3.05, 3.63) is 0 Å². The first-order chi connectivity index (χ1) is 4.20. The molecule has 0 radical (unpaired) electrons. The van der Waals surface area contributed by atoms with E-state index >= 15 is 0 Å². The number of rotatable bonds is 0. The normalized spacial score (nSPS) is 44.9. The SMILES string of the molecule is CC1COS(=O)OC1C. The summed E-state index contributed by atoms with van der Waals surface area (Å²) in [6, 6.07) is 0. The van der Waals surface area contributed by atoms with E-state index in [0.29, 0.717) is 12.5 Å². The largest absolute Gasteiger partial charge is 0.304 e. The molecule has 0 amide bonds. The second-order valence-electron chi connectivity index (χ2n) is 2.27. The Hall–Kier alpha value is 0.0700. The van der Waals surface area contributed by atoms with Crippen LogP contribution in [0.1, 0.15) is 13.8 Å². The van der Waals surface area contributed by atoms with Crippen molar-refractivity contribution in [2.75, 3.05) is 6.61 Å². The molecule has 1 heterocycles. The third kappa shape index (κ3) is 1.74. The molecule has 1 fully saturated rings. The summed E-state index contributed by atoms with van der Waals surface area (Å²) in [6.07, 6.45) is 0.0552. The molecular weight excluding hydrogens is 140 g/mol. The van der Waals surface area contributed by atoms with Crippen molar-refractivity contribution >= 4 is 11.4 Å². The van der Waals surface area contributed by atoms with E-state index in [-0.39, 0.29) is 6.10 Å². The third-order valence-electron chi connectivity index (χ3n) is 1.46. The Morgan fingerprint density at radius 3 is 2.67 bits per heavy atom. The summed E-state index contributed by atoms with van der Waals surface area (Å²) in [7, 11) is 0. The Morgan fingerprint density at radius 1 is 1.56 bits per heavy atom. The third-order valence-corrected chi connectivity index (χ3v) is 2.25. The first-order valence-electron chi connectivity index (χ1n) is 2.92. The van der Waals surface area contributed by atoms with Gasteiger partial charge in [0.25, 0.3) is 0 Å². The van der Waals surface area contributed by atoms with E-state index in [9.17, 15) is 4.21 Å². The number of hydrogen-bond acceptors (Lipinski definition) is 3. The first kappa shape index (κ1) is 7.18. The standard InChI is InChI=1S/C5H10O3S/c1-4-3-7-9(6)8-5(4)2/h4-5H,3H2,1-2H3. The van der Waals surface area contributed by atoms with Gasteiger partial charge in [0.05, 0.1) is 12.7 Å². The lowest BCUT2D eigenvalue weighted by atomic mass is 10.1. The summed E-state index contributed by atoms with van der Waals surface area (Å²) in [5.74, 6) is 0.350. The molecule has 1 rings (SSSR count). The molecule has 0 aromatic rings. The van der Waals surface area contributed by atoms with Crippen LogP contribution in [0.4, 0.5) is 0 Å². The van der Waals surface area contributed by atoms with Gasteiger partial charge in [0, 0.05) is 5.92 Å². The fourth-order valence-electron chi connectivity index (χ4n) is 0.545. The monoisotopic (exact) mass is 150 g/mol. The van der Waals surface area contributed by atoms with Crippen LogP contribution in [0.25, 0.3) is 0 Å². The summed E-state index contributed by atoms with van der Waals surface area (Å²) < 4.78 is 20.0. The van der Waals surface area contributed by atoms with Crippen molar-refractivity contribution in [3.63, 3.8) is 0 Å². The maximum Gasteiger partial charge on any atom is 0.304 e. The Morgan fingerprint density at radius 2 is 2.22 bits per heavy atom. The summed E-state index contributed by atoms with van der Waals surface area (Å²) >= 11 is -1.49. The van der Waals surface area contributed by atoms with Gasteiger partial charge in [0.1, 0.15) is 0 Å².